The number of hydrogen-bond donors (Lipinski definition) is 0. The molecule has 84 heavy (non-hydrogen) atoms. The number of benzene rings is 15. The third-order valence-electron chi connectivity index (χ3n) is 17.9. The quantitative estimate of drug-likeness (QED) is 0.142. The summed E-state index contributed by atoms with van der Waals surface area (Å²) in [5.41, 5.74) is 24.1. The smallest absolute Gasteiger partial charge is 0.0000479 e. The van der Waals surface area contributed by atoms with Crippen molar-refractivity contribution in [2.24, 2.45) is 0 Å². The van der Waals surface area contributed by atoms with Crippen LogP contribution in [-0.4, -0.2) is 0 Å². The molecule has 0 heteroatoms. The van der Waals surface area contributed by atoms with Gasteiger partial charge >= 0.3 is 0 Å². The molecular formula is C84H52. The zero-order valence-electron chi connectivity index (χ0n) is 46.0. The molecule has 388 valence electrons. The highest BCUT2D eigenvalue weighted by Gasteiger charge is 2.45. The molecule has 0 aliphatic heterocycles. The lowest BCUT2D eigenvalue weighted by Crippen LogP contribution is -2.04. The molecule has 2 aliphatic rings. The zero-order valence-corrected chi connectivity index (χ0v) is 46.0. The van der Waals surface area contributed by atoms with Crippen molar-refractivity contribution < 1.29 is 0 Å². The van der Waals surface area contributed by atoms with Gasteiger partial charge in [0.1, 0.15) is 0 Å². The Morgan fingerprint density at radius 2 is 0.321 bits per heavy atom. The highest BCUT2D eigenvalue weighted by atomic mass is 14.5. The van der Waals surface area contributed by atoms with Crippen molar-refractivity contribution in [3.8, 4) is 44.5 Å². The monoisotopic (exact) mass is 1060 g/mol. The average molecular weight is 1060 g/mol. The molecular weight excluding hydrogens is 1010 g/mol. The lowest BCUT2D eigenvalue weighted by molar-refractivity contribution is 1.50. The van der Waals surface area contributed by atoms with Gasteiger partial charge in [-0.2, -0.15) is 0 Å². The Morgan fingerprint density at radius 3 is 0.643 bits per heavy atom. The summed E-state index contributed by atoms with van der Waals surface area (Å²) in [6.45, 7) is 0. The fourth-order valence-corrected chi connectivity index (χ4v) is 14.1. The van der Waals surface area contributed by atoms with Gasteiger partial charge < -0.3 is 0 Å². The second kappa shape index (κ2) is 19.4. The summed E-state index contributed by atoms with van der Waals surface area (Å²) in [4.78, 5) is 0. The normalized spacial score (nSPS) is 13.1. The maximum Gasteiger partial charge on any atom is -0.0000479 e. The van der Waals surface area contributed by atoms with Gasteiger partial charge in [0.2, 0.25) is 0 Å². The van der Waals surface area contributed by atoms with E-state index in [0.29, 0.717) is 0 Å². The molecule has 0 saturated heterocycles. The van der Waals surface area contributed by atoms with Crippen molar-refractivity contribution in [1.82, 2.24) is 0 Å². The van der Waals surface area contributed by atoms with Gasteiger partial charge in [0.05, 0.1) is 0 Å². The van der Waals surface area contributed by atoms with Crippen molar-refractivity contribution in [2.45, 2.75) is 0 Å². The molecule has 0 atom stereocenters. The summed E-state index contributed by atoms with van der Waals surface area (Å²) in [7, 11) is 0. The van der Waals surface area contributed by atoms with Crippen LogP contribution >= 0.6 is 0 Å². The van der Waals surface area contributed by atoms with Crippen LogP contribution in [0.2, 0.25) is 0 Å². The van der Waals surface area contributed by atoms with Gasteiger partial charge in [-0.25, -0.2) is 0 Å². The fourth-order valence-electron chi connectivity index (χ4n) is 14.1. The lowest BCUT2D eigenvalue weighted by atomic mass is 9.74. The molecule has 0 nitrogen and oxygen atoms in total. The number of fused-ring (bicyclic) bond motifs is 9. The van der Waals surface area contributed by atoms with Crippen molar-refractivity contribution >= 4 is 92.5 Å². The minimum absolute atomic E-state index is 1.16. The molecule has 0 saturated carbocycles. The zero-order chi connectivity index (χ0) is 55.2. The summed E-state index contributed by atoms with van der Waals surface area (Å²) in [5.74, 6) is 0. The molecule has 0 aromatic heterocycles. The van der Waals surface area contributed by atoms with E-state index in [2.05, 4.69) is 315 Å². The second-order valence-electron chi connectivity index (χ2n) is 22.6. The van der Waals surface area contributed by atoms with Crippen LogP contribution < -0.4 is 0 Å². The molecule has 0 unspecified atom stereocenters. The average Bonchev–Trinajstić information content (AvgIpc) is 1.69. The Hall–Kier alpha value is -10.9. The van der Waals surface area contributed by atoms with E-state index in [4.69, 9.17) is 0 Å². The van der Waals surface area contributed by atoms with Gasteiger partial charge in [0.25, 0.3) is 0 Å². The Kier molecular flexibility index (Phi) is 11.0. The molecule has 0 amide bonds. The second-order valence-corrected chi connectivity index (χ2v) is 22.6. The van der Waals surface area contributed by atoms with Crippen LogP contribution in [0.4, 0.5) is 0 Å². The van der Waals surface area contributed by atoms with Crippen LogP contribution in [0.1, 0.15) is 33.4 Å². The predicted octanol–water partition coefficient (Wildman–Crippen LogP) is 22.6. The van der Waals surface area contributed by atoms with Crippen LogP contribution in [-0.2, 0) is 0 Å². The number of hydrogen-bond acceptors (Lipinski definition) is 0. The van der Waals surface area contributed by atoms with Crippen LogP contribution in [0, 0.1) is 0 Å². The Morgan fingerprint density at radius 1 is 0.107 bits per heavy atom. The standard InChI is InChI=1S/C84H52/c1-3-25-59(26-4-1)73-75(67-41-35-53-19-7-13-29-61(53)47-67)78(70-44-38-56-22-10-16-32-64(56)50-70)81-74(60-27-5-2-6-28-60)82-79(71-45-39-57-23-11-17-33-65(57)51-71)76(68-42-36-54-20-8-14-30-62(54)48-68)77(69-43-37-55-21-9-15-31-63(55)49-69)80(84(82)83(73)81)72-46-40-58-24-12-18-34-66(58)52-72/h1-52H. The van der Waals surface area contributed by atoms with Crippen molar-refractivity contribution in [1.29, 1.82) is 0 Å². The lowest BCUT2D eigenvalue weighted by Gasteiger charge is -2.28. The van der Waals surface area contributed by atoms with E-state index in [9.17, 15) is 0 Å². The van der Waals surface area contributed by atoms with Crippen LogP contribution in [0.15, 0.2) is 321 Å². The summed E-state index contributed by atoms with van der Waals surface area (Å²) in [6, 6.07) is 119. The van der Waals surface area contributed by atoms with Gasteiger partial charge in [0, 0.05) is 0 Å². The Bertz CT molecular complexity index is 5340. The summed E-state index contributed by atoms with van der Waals surface area (Å²) in [6.07, 6.45) is 0. The molecule has 0 bridgehead atoms. The SMILES string of the molecule is c1ccc(C2=C3C(=C(c4ccccc4)c4c3c(-c3ccc5ccccc5c3)c(-c3ccc5ccccc5c3)c(-c3ccc5ccccc5c3)c4-c3ccc4ccccc4c3)C(c3ccc4ccccc4c3)=C2c2ccc3ccccc3c2)cc1. The number of allylic oxidation sites excluding steroid dienone is 5. The van der Waals surface area contributed by atoms with Gasteiger partial charge in [-0.3, -0.25) is 0 Å². The van der Waals surface area contributed by atoms with Crippen LogP contribution in [0.25, 0.3) is 137 Å². The molecule has 0 N–H and O–H groups in total. The van der Waals surface area contributed by atoms with Crippen molar-refractivity contribution in [2.75, 3.05) is 0 Å². The first-order valence-electron chi connectivity index (χ1n) is 29.2. The van der Waals surface area contributed by atoms with Crippen molar-refractivity contribution in [3.05, 3.63) is 354 Å². The van der Waals surface area contributed by atoms with E-state index >= 15 is 0 Å². The number of rotatable bonds is 8. The molecule has 0 spiro atoms. The van der Waals surface area contributed by atoms with Crippen LogP contribution in [0.5, 0.6) is 0 Å². The minimum atomic E-state index is 1.16. The Balaban J connectivity index is 1.16. The van der Waals surface area contributed by atoms with E-state index in [1.807, 2.05) is 0 Å². The summed E-state index contributed by atoms with van der Waals surface area (Å²) in [5, 5.41) is 14.5. The molecule has 17 rings (SSSR count). The molecule has 15 aromatic carbocycles. The van der Waals surface area contributed by atoms with E-state index in [1.54, 1.807) is 0 Å². The highest BCUT2D eigenvalue weighted by Crippen LogP contribution is 2.67. The minimum Gasteiger partial charge on any atom is -0.0622 e. The van der Waals surface area contributed by atoms with Crippen molar-refractivity contribution in [3.63, 3.8) is 0 Å². The summed E-state index contributed by atoms with van der Waals surface area (Å²) < 4.78 is 0. The Labute approximate surface area is 488 Å². The molecule has 0 radical (unpaired) electrons. The topological polar surface area (TPSA) is 0 Å². The molecule has 0 fully saturated rings. The van der Waals surface area contributed by atoms with E-state index < -0.39 is 0 Å². The third kappa shape index (κ3) is 7.69. The first-order valence-corrected chi connectivity index (χ1v) is 29.2. The fraction of sp³-hybridized carbons (Fsp3) is 0. The van der Waals surface area contributed by atoms with E-state index in [1.165, 1.54) is 170 Å². The van der Waals surface area contributed by atoms with E-state index in [-0.39, 0.29) is 0 Å². The van der Waals surface area contributed by atoms with Crippen LogP contribution in [0.3, 0.4) is 0 Å². The predicted molar refractivity (Wildman–Crippen MR) is 359 cm³/mol. The molecule has 2 aliphatic carbocycles. The van der Waals surface area contributed by atoms with Gasteiger partial charge in [0.15, 0.2) is 0 Å². The molecule has 15 aromatic rings. The first kappa shape index (κ1) is 47.8. The van der Waals surface area contributed by atoms with E-state index in [0.717, 1.165) is 5.56 Å². The maximum atomic E-state index is 2.47. The molecule has 0 heterocycles. The van der Waals surface area contributed by atoms with Gasteiger partial charge in [-0.05, 0) is 212 Å². The van der Waals surface area contributed by atoms with Gasteiger partial charge in [-0.15, -0.1) is 0 Å². The first-order chi connectivity index (χ1) is 41.7. The summed E-state index contributed by atoms with van der Waals surface area (Å²) >= 11 is 0. The van der Waals surface area contributed by atoms with Gasteiger partial charge in [-0.1, -0.05) is 279 Å². The maximum absolute atomic E-state index is 2.47. The highest BCUT2D eigenvalue weighted by molar-refractivity contribution is 6.41. The third-order valence-corrected chi connectivity index (χ3v) is 17.9. The largest absolute Gasteiger partial charge is 0.0622 e.